The van der Waals surface area contributed by atoms with Crippen LogP contribution in [0.15, 0.2) is 48.5 Å². The normalized spacial score (nSPS) is 21.6. The molecule has 7 nitrogen and oxygen atoms in total. The van der Waals surface area contributed by atoms with Gasteiger partial charge in [-0.3, -0.25) is 9.59 Å². The third-order valence-electron chi connectivity index (χ3n) is 6.38. The van der Waals surface area contributed by atoms with Crippen LogP contribution in [0.5, 0.6) is 0 Å². The van der Waals surface area contributed by atoms with Gasteiger partial charge in [-0.05, 0) is 56.2 Å². The number of amides is 1. The summed E-state index contributed by atoms with van der Waals surface area (Å²) in [5, 5.41) is 10.0. The van der Waals surface area contributed by atoms with Crippen LogP contribution in [0.3, 0.4) is 0 Å². The van der Waals surface area contributed by atoms with Gasteiger partial charge < -0.3 is 14.7 Å². The molecule has 4 atom stereocenters. The highest BCUT2D eigenvalue weighted by Crippen LogP contribution is 2.46. The van der Waals surface area contributed by atoms with Crippen LogP contribution in [-0.4, -0.2) is 59.1 Å². The van der Waals surface area contributed by atoms with Crippen molar-refractivity contribution in [1.82, 2.24) is 4.90 Å². The molecule has 0 bridgehead atoms. The number of rotatable bonds is 8. The first-order chi connectivity index (χ1) is 17.9. The summed E-state index contributed by atoms with van der Waals surface area (Å²) >= 11 is 12.2. The van der Waals surface area contributed by atoms with Gasteiger partial charge in [0.2, 0.25) is 0 Å². The van der Waals surface area contributed by atoms with Crippen molar-refractivity contribution in [2.75, 3.05) is 5.75 Å². The molecule has 4 unspecified atom stereocenters. The molecule has 2 aromatic rings. The Hall–Kier alpha value is -2.34. The van der Waals surface area contributed by atoms with E-state index in [0.717, 1.165) is 4.90 Å². The topological polar surface area (TPSA) is 101 Å². The molecule has 1 aliphatic heterocycles. The lowest BCUT2D eigenvalue weighted by molar-refractivity contribution is -0.191. The summed E-state index contributed by atoms with van der Waals surface area (Å²) in [4.78, 5) is 26.2. The number of carbonyl (C=O) groups excluding carboxylic acids is 1. The fraction of sp³-hybridized carbons (Fsp3) is 0.462. The van der Waals surface area contributed by atoms with E-state index in [2.05, 4.69) is 0 Å². The van der Waals surface area contributed by atoms with Crippen molar-refractivity contribution >= 4 is 44.9 Å². The van der Waals surface area contributed by atoms with E-state index in [9.17, 15) is 36.3 Å². The maximum absolute atomic E-state index is 13.9. The largest absolute Gasteiger partial charge is 0.481 e. The SMILES string of the molecule is CC(C)(C)S(=O)(=O)CC(CC(F)(F)F)N1C(=O)C(CC(=O)O)OC(c2cccc(Cl)c2)C1c1ccc(Cl)cc1. The number of carboxylic acids is 1. The Morgan fingerprint density at radius 2 is 1.67 bits per heavy atom. The minimum absolute atomic E-state index is 0.270. The Kier molecular flexibility index (Phi) is 9.31. The number of hydrogen-bond acceptors (Lipinski definition) is 5. The number of sulfone groups is 1. The second-order valence-corrected chi connectivity index (χ2v) is 14.0. The monoisotopic (exact) mass is 609 g/mol. The quantitative estimate of drug-likeness (QED) is 0.393. The molecule has 1 heterocycles. The summed E-state index contributed by atoms with van der Waals surface area (Å²) in [6.45, 7) is 4.06. The number of morpholine rings is 1. The van der Waals surface area contributed by atoms with E-state index < -0.39 is 75.5 Å². The number of aliphatic carboxylic acids is 1. The Morgan fingerprint density at radius 1 is 1.05 bits per heavy atom. The molecule has 0 saturated carbocycles. The molecular formula is C26H28Cl2F3NO6S. The van der Waals surface area contributed by atoms with Gasteiger partial charge in [0, 0.05) is 10.0 Å². The first kappa shape index (κ1) is 31.2. The number of nitrogens with zero attached hydrogens (tertiary/aromatic N) is 1. The van der Waals surface area contributed by atoms with Gasteiger partial charge in [0.25, 0.3) is 5.91 Å². The zero-order chi connectivity index (χ0) is 29.3. The van der Waals surface area contributed by atoms with Crippen molar-refractivity contribution in [3.63, 3.8) is 0 Å². The number of benzene rings is 2. The van der Waals surface area contributed by atoms with Crippen LogP contribution in [0.4, 0.5) is 13.2 Å². The lowest BCUT2D eigenvalue weighted by Gasteiger charge is -2.48. The number of alkyl halides is 3. The predicted octanol–water partition coefficient (Wildman–Crippen LogP) is 6.01. The fourth-order valence-electron chi connectivity index (χ4n) is 4.41. The van der Waals surface area contributed by atoms with E-state index in [1.165, 1.54) is 51.1 Å². The van der Waals surface area contributed by atoms with E-state index in [4.69, 9.17) is 27.9 Å². The van der Waals surface area contributed by atoms with Crippen LogP contribution < -0.4 is 0 Å². The second kappa shape index (κ2) is 11.6. The number of halogens is 5. The first-order valence-electron chi connectivity index (χ1n) is 11.9. The molecule has 1 N–H and O–H groups in total. The summed E-state index contributed by atoms with van der Waals surface area (Å²) in [7, 11) is -4.18. The highest BCUT2D eigenvalue weighted by atomic mass is 35.5. The molecule has 1 saturated heterocycles. The van der Waals surface area contributed by atoms with Crippen molar-refractivity contribution < 1.29 is 41.0 Å². The molecule has 0 aliphatic carbocycles. The van der Waals surface area contributed by atoms with Gasteiger partial charge in [0.05, 0.1) is 35.4 Å². The van der Waals surface area contributed by atoms with Gasteiger partial charge in [-0.25, -0.2) is 8.42 Å². The second-order valence-electron chi connectivity index (χ2n) is 10.3. The predicted molar refractivity (Wildman–Crippen MR) is 140 cm³/mol. The van der Waals surface area contributed by atoms with Crippen molar-refractivity contribution in [2.45, 2.75) is 68.8 Å². The molecule has 0 aromatic heterocycles. The smallest absolute Gasteiger partial charge is 0.391 e. The molecule has 2 aromatic carbocycles. The summed E-state index contributed by atoms with van der Waals surface area (Å²) in [5.74, 6) is -3.49. The van der Waals surface area contributed by atoms with Gasteiger partial charge in [-0.15, -0.1) is 0 Å². The van der Waals surface area contributed by atoms with Crippen LogP contribution in [0, 0.1) is 0 Å². The first-order valence-corrected chi connectivity index (χ1v) is 14.3. The van der Waals surface area contributed by atoms with Crippen LogP contribution in [0.25, 0.3) is 0 Å². The molecule has 3 rings (SSSR count). The van der Waals surface area contributed by atoms with E-state index in [0.29, 0.717) is 16.1 Å². The average Bonchev–Trinajstić information content (AvgIpc) is 2.78. The number of ether oxygens (including phenoxy) is 1. The molecule has 1 aliphatic rings. The van der Waals surface area contributed by atoms with Gasteiger partial charge in [0.15, 0.2) is 9.84 Å². The summed E-state index contributed by atoms with van der Waals surface area (Å²) in [5.41, 5.74) is 0.673. The average molecular weight is 610 g/mol. The third kappa shape index (κ3) is 7.65. The van der Waals surface area contributed by atoms with Gasteiger partial charge in [-0.1, -0.05) is 47.5 Å². The zero-order valence-electron chi connectivity index (χ0n) is 21.3. The van der Waals surface area contributed by atoms with E-state index >= 15 is 0 Å². The van der Waals surface area contributed by atoms with Crippen molar-refractivity contribution in [1.29, 1.82) is 0 Å². The lowest BCUT2D eigenvalue weighted by atomic mass is 9.89. The van der Waals surface area contributed by atoms with Crippen molar-refractivity contribution in [2.24, 2.45) is 0 Å². The summed E-state index contributed by atoms with van der Waals surface area (Å²) < 4.78 is 72.7. The summed E-state index contributed by atoms with van der Waals surface area (Å²) in [6.07, 6.45) is -10.2. The molecular weight excluding hydrogens is 582 g/mol. The standard InChI is InChI=1S/C26H28Cl2F3NO6S/c1-25(2,3)39(36,37)14-19(13-26(29,30)31)32-22(15-7-9-17(27)10-8-15)23(16-5-4-6-18(28)11-16)38-20(24(32)35)12-21(33)34/h4-11,19-20,22-23H,12-14H2,1-3H3,(H,33,34). The summed E-state index contributed by atoms with van der Waals surface area (Å²) in [6, 6.07) is 9.00. The van der Waals surface area contributed by atoms with E-state index in [1.807, 2.05) is 0 Å². The van der Waals surface area contributed by atoms with E-state index in [-0.39, 0.29) is 5.02 Å². The molecule has 214 valence electrons. The maximum Gasteiger partial charge on any atom is 0.391 e. The highest BCUT2D eigenvalue weighted by molar-refractivity contribution is 7.92. The molecule has 39 heavy (non-hydrogen) atoms. The molecule has 1 amide bonds. The number of hydrogen-bond donors (Lipinski definition) is 1. The third-order valence-corrected chi connectivity index (χ3v) is 9.56. The van der Waals surface area contributed by atoms with Crippen LogP contribution in [0.2, 0.25) is 10.0 Å². The minimum atomic E-state index is -4.85. The van der Waals surface area contributed by atoms with Gasteiger partial charge in [0.1, 0.15) is 12.2 Å². The van der Waals surface area contributed by atoms with Crippen LogP contribution in [-0.2, 0) is 24.2 Å². The van der Waals surface area contributed by atoms with Gasteiger partial charge >= 0.3 is 12.1 Å². The Labute approximate surface area is 234 Å². The van der Waals surface area contributed by atoms with Crippen LogP contribution in [0.1, 0.15) is 56.9 Å². The molecule has 13 heteroatoms. The lowest BCUT2D eigenvalue weighted by Crippen LogP contribution is -2.58. The molecule has 0 radical (unpaired) electrons. The Morgan fingerprint density at radius 3 is 2.18 bits per heavy atom. The zero-order valence-corrected chi connectivity index (χ0v) is 23.6. The number of carboxylic acid groups (broad SMARTS) is 1. The number of carbonyl (C=O) groups is 2. The molecule has 1 fully saturated rings. The van der Waals surface area contributed by atoms with E-state index in [1.54, 1.807) is 18.2 Å². The molecule has 0 spiro atoms. The maximum atomic E-state index is 13.9. The Bertz CT molecular complexity index is 1310. The highest BCUT2D eigenvalue weighted by Gasteiger charge is 2.51. The van der Waals surface area contributed by atoms with Crippen molar-refractivity contribution in [3.8, 4) is 0 Å². The van der Waals surface area contributed by atoms with Crippen molar-refractivity contribution in [3.05, 3.63) is 69.7 Å². The Balaban J connectivity index is 2.29. The minimum Gasteiger partial charge on any atom is -0.481 e. The van der Waals surface area contributed by atoms with Gasteiger partial charge in [-0.2, -0.15) is 13.2 Å². The fourth-order valence-corrected chi connectivity index (χ4v) is 6.02. The van der Waals surface area contributed by atoms with Crippen LogP contribution >= 0.6 is 23.2 Å².